The summed E-state index contributed by atoms with van der Waals surface area (Å²) >= 11 is 0. The fourth-order valence-electron chi connectivity index (χ4n) is 0.987. The van der Waals surface area contributed by atoms with Crippen LogP contribution in [0.2, 0.25) is 0 Å². The Morgan fingerprint density at radius 3 is 2.45 bits per heavy atom. The first-order valence-electron chi connectivity index (χ1n) is 3.35. The van der Waals surface area contributed by atoms with Crippen molar-refractivity contribution in [3.63, 3.8) is 0 Å². The number of hydrogen-bond acceptors (Lipinski definition) is 5. The van der Waals surface area contributed by atoms with E-state index >= 15 is 0 Å². The molecule has 0 spiro atoms. The van der Waals surface area contributed by atoms with Crippen molar-refractivity contribution in [3.8, 4) is 0 Å². The Morgan fingerprint density at radius 1 is 1.27 bits per heavy atom. The van der Waals surface area contributed by atoms with E-state index in [1.165, 1.54) is 7.11 Å². The third-order valence-corrected chi connectivity index (χ3v) is 1.76. The minimum Gasteiger partial charge on any atom is -0.387 e. The van der Waals surface area contributed by atoms with Crippen LogP contribution in [0, 0.1) is 0 Å². The first kappa shape index (κ1) is 8.89. The predicted molar refractivity (Wildman–Crippen MR) is 34.8 cm³/mol. The molecule has 0 bridgehead atoms. The lowest BCUT2D eigenvalue weighted by Crippen LogP contribution is -2.53. The third kappa shape index (κ3) is 1.69. The number of hydrogen-bond donors (Lipinski definition) is 3. The van der Waals surface area contributed by atoms with Crippen LogP contribution in [0.4, 0.5) is 0 Å². The molecule has 1 heterocycles. The van der Waals surface area contributed by atoms with Crippen molar-refractivity contribution in [2.75, 3.05) is 13.7 Å². The maximum Gasteiger partial charge on any atom is 0.183 e. The summed E-state index contributed by atoms with van der Waals surface area (Å²) in [6, 6.07) is 0. The van der Waals surface area contributed by atoms with Gasteiger partial charge in [-0.25, -0.2) is 0 Å². The predicted octanol–water partition coefficient (Wildman–Crippen LogP) is -1.93. The highest BCUT2D eigenvalue weighted by Gasteiger charge is 2.37. The van der Waals surface area contributed by atoms with Crippen molar-refractivity contribution in [3.05, 3.63) is 0 Å². The van der Waals surface area contributed by atoms with E-state index in [1.54, 1.807) is 0 Å². The molecule has 1 saturated heterocycles. The molecule has 1 rings (SSSR count). The molecule has 0 amide bonds. The zero-order valence-corrected chi connectivity index (χ0v) is 6.17. The molecule has 0 saturated carbocycles. The molecular weight excluding hydrogens is 152 g/mol. The molecule has 1 fully saturated rings. The van der Waals surface area contributed by atoms with Crippen molar-refractivity contribution in [2.45, 2.75) is 24.6 Å². The zero-order chi connectivity index (χ0) is 8.43. The molecule has 1 aliphatic heterocycles. The van der Waals surface area contributed by atoms with Crippen molar-refractivity contribution >= 4 is 0 Å². The van der Waals surface area contributed by atoms with E-state index < -0.39 is 24.6 Å². The van der Waals surface area contributed by atoms with Crippen molar-refractivity contribution in [1.82, 2.24) is 0 Å². The van der Waals surface area contributed by atoms with E-state index in [-0.39, 0.29) is 6.61 Å². The standard InChI is InChI=1S/C6H12O5/c1-10-3-2-11-6(9)5(8)4(3)7/h3-9H,2H2,1H3/t3-,4+,5-,6-/m1/s1. The number of methoxy groups -OCH3 is 1. The molecule has 5 nitrogen and oxygen atoms in total. The van der Waals surface area contributed by atoms with Gasteiger partial charge in [-0.15, -0.1) is 0 Å². The van der Waals surface area contributed by atoms with Crippen molar-refractivity contribution in [2.24, 2.45) is 0 Å². The molecule has 11 heavy (non-hydrogen) atoms. The Balaban J connectivity index is 2.52. The van der Waals surface area contributed by atoms with Gasteiger partial charge in [0, 0.05) is 7.11 Å². The van der Waals surface area contributed by atoms with Gasteiger partial charge in [-0.3, -0.25) is 0 Å². The Morgan fingerprint density at radius 2 is 1.91 bits per heavy atom. The lowest BCUT2D eigenvalue weighted by atomic mass is 10.1. The molecular formula is C6H12O5. The lowest BCUT2D eigenvalue weighted by Gasteiger charge is -2.33. The van der Waals surface area contributed by atoms with E-state index in [4.69, 9.17) is 14.9 Å². The average Bonchev–Trinajstić information content (AvgIpc) is 2.01. The van der Waals surface area contributed by atoms with Crippen LogP contribution in [0.3, 0.4) is 0 Å². The fourth-order valence-corrected chi connectivity index (χ4v) is 0.987. The third-order valence-electron chi connectivity index (χ3n) is 1.76. The average molecular weight is 164 g/mol. The molecule has 0 aromatic carbocycles. The zero-order valence-electron chi connectivity index (χ0n) is 6.17. The SMILES string of the molecule is CO[C@@H]1CO[C@@H](O)[C@H](O)[C@H]1O. The summed E-state index contributed by atoms with van der Waals surface area (Å²) in [5, 5.41) is 27.1. The van der Waals surface area contributed by atoms with Gasteiger partial charge in [-0.05, 0) is 0 Å². The Kier molecular flexibility index (Phi) is 2.80. The molecule has 0 aromatic rings. The van der Waals surface area contributed by atoms with Gasteiger partial charge in [0.05, 0.1) is 6.61 Å². The molecule has 0 aliphatic carbocycles. The summed E-state index contributed by atoms with van der Waals surface area (Å²) in [5.41, 5.74) is 0. The van der Waals surface area contributed by atoms with Crippen LogP contribution in [0.5, 0.6) is 0 Å². The molecule has 5 heteroatoms. The maximum absolute atomic E-state index is 9.19. The molecule has 4 atom stereocenters. The quantitative estimate of drug-likeness (QED) is 0.420. The van der Waals surface area contributed by atoms with Crippen LogP contribution in [0.15, 0.2) is 0 Å². The van der Waals surface area contributed by atoms with Gasteiger partial charge in [0.2, 0.25) is 0 Å². The first-order valence-corrected chi connectivity index (χ1v) is 3.35. The fraction of sp³-hybridized carbons (Fsp3) is 1.00. The second kappa shape index (κ2) is 3.46. The summed E-state index contributed by atoms with van der Waals surface area (Å²) in [4.78, 5) is 0. The second-order valence-electron chi connectivity index (χ2n) is 2.48. The van der Waals surface area contributed by atoms with Gasteiger partial charge < -0.3 is 24.8 Å². The number of aliphatic hydroxyl groups excluding tert-OH is 3. The monoisotopic (exact) mass is 164 g/mol. The summed E-state index contributed by atoms with van der Waals surface area (Å²) in [7, 11) is 1.40. The minimum absolute atomic E-state index is 0.0931. The summed E-state index contributed by atoms with van der Waals surface area (Å²) < 4.78 is 9.46. The van der Waals surface area contributed by atoms with E-state index in [1.807, 2.05) is 0 Å². The highest BCUT2D eigenvalue weighted by atomic mass is 16.6. The number of ether oxygens (including phenoxy) is 2. The van der Waals surface area contributed by atoms with Crippen molar-refractivity contribution < 1.29 is 24.8 Å². The lowest BCUT2D eigenvalue weighted by molar-refractivity contribution is -0.256. The number of aliphatic hydroxyl groups is 3. The van der Waals surface area contributed by atoms with E-state index in [0.29, 0.717) is 0 Å². The molecule has 0 unspecified atom stereocenters. The Hall–Kier alpha value is -0.200. The smallest absolute Gasteiger partial charge is 0.183 e. The van der Waals surface area contributed by atoms with Crippen LogP contribution >= 0.6 is 0 Å². The molecule has 0 radical (unpaired) electrons. The Bertz CT molecular complexity index is 126. The van der Waals surface area contributed by atoms with Gasteiger partial charge >= 0.3 is 0 Å². The molecule has 3 N–H and O–H groups in total. The van der Waals surface area contributed by atoms with E-state index in [9.17, 15) is 5.11 Å². The Labute approximate surface area is 64.2 Å². The van der Waals surface area contributed by atoms with E-state index in [2.05, 4.69) is 4.74 Å². The van der Waals surface area contributed by atoms with Crippen LogP contribution in [0.1, 0.15) is 0 Å². The van der Waals surface area contributed by atoms with E-state index in [0.717, 1.165) is 0 Å². The van der Waals surface area contributed by atoms with Crippen molar-refractivity contribution in [1.29, 1.82) is 0 Å². The van der Waals surface area contributed by atoms with Gasteiger partial charge in [0.15, 0.2) is 6.29 Å². The summed E-state index contributed by atoms with van der Waals surface area (Å²) in [5.74, 6) is 0. The number of rotatable bonds is 1. The topological polar surface area (TPSA) is 79.2 Å². The molecule has 0 aromatic heterocycles. The summed E-state index contributed by atoms with van der Waals surface area (Å²) in [6.45, 7) is 0.0931. The first-order chi connectivity index (χ1) is 5.16. The van der Waals surface area contributed by atoms with Crippen LogP contribution < -0.4 is 0 Å². The highest BCUT2D eigenvalue weighted by molar-refractivity contribution is 4.82. The van der Waals surface area contributed by atoms with Crippen LogP contribution in [0.25, 0.3) is 0 Å². The summed E-state index contributed by atoms with van der Waals surface area (Å²) in [6.07, 6.45) is -4.23. The highest BCUT2D eigenvalue weighted by Crippen LogP contribution is 2.15. The molecule has 66 valence electrons. The van der Waals surface area contributed by atoms with Gasteiger partial charge in [-0.2, -0.15) is 0 Å². The maximum atomic E-state index is 9.19. The van der Waals surface area contributed by atoms with Crippen LogP contribution in [-0.4, -0.2) is 53.6 Å². The van der Waals surface area contributed by atoms with Gasteiger partial charge in [0.25, 0.3) is 0 Å². The van der Waals surface area contributed by atoms with Gasteiger partial charge in [-0.1, -0.05) is 0 Å². The molecule has 1 aliphatic rings. The van der Waals surface area contributed by atoms with Crippen LogP contribution in [-0.2, 0) is 9.47 Å². The minimum atomic E-state index is -1.31. The normalized spacial score (nSPS) is 45.8. The second-order valence-corrected chi connectivity index (χ2v) is 2.48. The largest absolute Gasteiger partial charge is 0.387 e. The van der Waals surface area contributed by atoms with Gasteiger partial charge in [0.1, 0.15) is 18.3 Å².